The fraction of sp³-hybridized carbons (Fsp3) is 0.273. The van der Waals surface area contributed by atoms with Gasteiger partial charge in [0, 0.05) is 25.7 Å². The molecule has 4 rings (SSSR count). The number of hydrogen-bond acceptors (Lipinski definition) is 5. The van der Waals surface area contributed by atoms with Gasteiger partial charge in [-0.25, -0.2) is 0 Å². The fourth-order valence-corrected chi connectivity index (χ4v) is 3.51. The second-order valence-corrected chi connectivity index (χ2v) is 6.76. The number of para-hydroxylation sites is 1. The maximum Gasteiger partial charge on any atom is 0.287 e. The maximum absolute atomic E-state index is 12.7. The van der Waals surface area contributed by atoms with Gasteiger partial charge in [-0.3, -0.25) is 14.5 Å². The molecule has 0 bridgehead atoms. The number of morpholine rings is 1. The molecule has 6 nitrogen and oxygen atoms in total. The number of carbonyl (C=O) groups excluding carboxylic acids is 1. The summed E-state index contributed by atoms with van der Waals surface area (Å²) in [6, 6.07) is 18.3. The molecule has 1 atom stereocenters. The first-order valence-corrected chi connectivity index (χ1v) is 9.40. The summed E-state index contributed by atoms with van der Waals surface area (Å²) in [6.45, 7) is 3.38. The lowest BCUT2D eigenvalue weighted by molar-refractivity contribution is 0.0161. The number of nitrogens with one attached hydrogen (secondary N) is 1. The molecule has 0 aliphatic carbocycles. The van der Waals surface area contributed by atoms with E-state index in [1.165, 1.54) is 6.07 Å². The lowest BCUT2D eigenvalue weighted by atomic mass is 10.0. The molecule has 2 heterocycles. The predicted octanol–water partition coefficient (Wildman–Crippen LogP) is 2.60. The highest BCUT2D eigenvalue weighted by Gasteiger charge is 2.23. The average Bonchev–Trinajstić information content (AvgIpc) is 2.75. The van der Waals surface area contributed by atoms with Crippen LogP contribution in [0.1, 0.15) is 22.2 Å². The van der Waals surface area contributed by atoms with Crippen LogP contribution in [-0.4, -0.2) is 43.7 Å². The molecular formula is C22H22N2O4. The normalized spacial score (nSPS) is 16.0. The second kappa shape index (κ2) is 8.37. The van der Waals surface area contributed by atoms with Crippen LogP contribution in [0.4, 0.5) is 0 Å². The molecule has 0 spiro atoms. The standard InChI is InChI=1S/C22H22N2O4/c25-19-14-21(28-20-9-5-4-8-17(19)20)22(26)23-15-18(16-6-2-1-3-7-16)24-10-12-27-13-11-24/h1-9,14,18H,10-13,15H2,(H,23,26)/t18-/m1/s1. The number of ether oxygens (including phenoxy) is 1. The van der Waals surface area contributed by atoms with Gasteiger partial charge in [0.25, 0.3) is 5.91 Å². The van der Waals surface area contributed by atoms with Gasteiger partial charge in [-0.1, -0.05) is 42.5 Å². The Morgan fingerprint density at radius 2 is 1.75 bits per heavy atom. The molecule has 1 aliphatic rings. The third kappa shape index (κ3) is 3.98. The third-order valence-electron chi connectivity index (χ3n) is 4.99. The van der Waals surface area contributed by atoms with Crippen LogP contribution in [0.25, 0.3) is 11.0 Å². The Bertz CT molecular complexity index is 1010. The summed E-state index contributed by atoms with van der Waals surface area (Å²) in [7, 11) is 0. The van der Waals surface area contributed by atoms with Gasteiger partial charge in [-0.15, -0.1) is 0 Å². The largest absolute Gasteiger partial charge is 0.451 e. The Hall–Kier alpha value is -2.96. The molecule has 144 valence electrons. The van der Waals surface area contributed by atoms with Crippen molar-refractivity contribution in [3.8, 4) is 0 Å². The minimum atomic E-state index is -0.392. The van der Waals surface area contributed by atoms with Crippen LogP contribution < -0.4 is 10.7 Å². The highest BCUT2D eigenvalue weighted by Crippen LogP contribution is 2.21. The number of nitrogens with zero attached hydrogens (tertiary/aromatic N) is 1. The van der Waals surface area contributed by atoms with Gasteiger partial charge in [0.2, 0.25) is 0 Å². The van der Waals surface area contributed by atoms with E-state index in [0.29, 0.717) is 30.7 Å². The molecule has 1 aromatic heterocycles. The highest BCUT2D eigenvalue weighted by molar-refractivity contribution is 5.93. The van der Waals surface area contributed by atoms with Gasteiger partial charge in [0.15, 0.2) is 11.2 Å². The van der Waals surface area contributed by atoms with Gasteiger partial charge in [-0.2, -0.15) is 0 Å². The molecule has 0 radical (unpaired) electrons. The molecule has 0 saturated carbocycles. The Kier molecular flexibility index (Phi) is 5.50. The van der Waals surface area contributed by atoms with Gasteiger partial charge in [-0.05, 0) is 17.7 Å². The topological polar surface area (TPSA) is 71.8 Å². The van der Waals surface area contributed by atoms with E-state index < -0.39 is 5.91 Å². The molecule has 28 heavy (non-hydrogen) atoms. The van der Waals surface area contributed by atoms with Crippen molar-refractivity contribution < 1.29 is 13.9 Å². The van der Waals surface area contributed by atoms with Crippen LogP contribution in [0.2, 0.25) is 0 Å². The summed E-state index contributed by atoms with van der Waals surface area (Å²) >= 11 is 0. The smallest absolute Gasteiger partial charge is 0.287 e. The molecule has 6 heteroatoms. The van der Waals surface area contributed by atoms with Crippen molar-refractivity contribution >= 4 is 16.9 Å². The van der Waals surface area contributed by atoms with Crippen LogP contribution >= 0.6 is 0 Å². The van der Waals surface area contributed by atoms with Crippen LogP contribution in [0.3, 0.4) is 0 Å². The lowest BCUT2D eigenvalue weighted by Crippen LogP contribution is -2.43. The maximum atomic E-state index is 12.7. The van der Waals surface area contributed by atoms with Crippen molar-refractivity contribution in [3.63, 3.8) is 0 Å². The number of rotatable bonds is 5. The Labute approximate surface area is 162 Å². The van der Waals surface area contributed by atoms with Crippen LogP contribution in [0, 0.1) is 0 Å². The molecule has 1 amide bonds. The number of fused-ring (bicyclic) bond motifs is 1. The zero-order chi connectivity index (χ0) is 19.3. The average molecular weight is 378 g/mol. The summed E-state index contributed by atoms with van der Waals surface area (Å²) in [6.07, 6.45) is 0. The van der Waals surface area contributed by atoms with E-state index in [2.05, 4.69) is 22.3 Å². The summed E-state index contributed by atoms with van der Waals surface area (Å²) in [4.78, 5) is 27.2. The molecular weight excluding hydrogens is 356 g/mol. The third-order valence-corrected chi connectivity index (χ3v) is 4.99. The highest BCUT2D eigenvalue weighted by atomic mass is 16.5. The fourth-order valence-electron chi connectivity index (χ4n) is 3.51. The minimum Gasteiger partial charge on any atom is -0.451 e. The van der Waals surface area contributed by atoms with E-state index >= 15 is 0 Å². The van der Waals surface area contributed by atoms with E-state index in [1.54, 1.807) is 24.3 Å². The van der Waals surface area contributed by atoms with E-state index in [4.69, 9.17) is 9.15 Å². The monoisotopic (exact) mass is 378 g/mol. The van der Waals surface area contributed by atoms with Gasteiger partial charge in [0.1, 0.15) is 5.58 Å². The molecule has 0 unspecified atom stereocenters. The van der Waals surface area contributed by atoms with Crippen LogP contribution in [-0.2, 0) is 4.74 Å². The van der Waals surface area contributed by atoms with Crippen molar-refractivity contribution in [2.45, 2.75) is 6.04 Å². The Morgan fingerprint density at radius 3 is 2.54 bits per heavy atom. The minimum absolute atomic E-state index is 0.0255. The molecule has 2 aromatic carbocycles. The second-order valence-electron chi connectivity index (χ2n) is 6.76. The summed E-state index contributed by atoms with van der Waals surface area (Å²) in [5, 5.41) is 3.40. The molecule has 1 aliphatic heterocycles. The van der Waals surface area contributed by atoms with E-state index in [9.17, 15) is 9.59 Å². The molecule has 3 aromatic rings. The first-order chi connectivity index (χ1) is 13.7. The number of carbonyl (C=O) groups is 1. The van der Waals surface area contributed by atoms with E-state index in [1.807, 2.05) is 18.2 Å². The Morgan fingerprint density at radius 1 is 1.04 bits per heavy atom. The van der Waals surface area contributed by atoms with E-state index in [-0.39, 0.29) is 17.2 Å². The van der Waals surface area contributed by atoms with Crippen molar-refractivity contribution in [1.82, 2.24) is 10.2 Å². The van der Waals surface area contributed by atoms with Crippen LogP contribution in [0.15, 0.2) is 69.9 Å². The number of amides is 1. The van der Waals surface area contributed by atoms with Crippen molar-refractivity contribution in [2.24, 2.45) is 0 Å². The summed E-state index contributed by atoms with van der Waals surface area (Å²) in [5.41, 5.74) is 1.32. The van der Waals surface area contributed by atoms with Gasteiger partial charge in [0.05, 0.1) is 24.6 Å². The number of hydrogen-bond donors (Lipinski definition) is 1. The van der Waals surface area contributed by atoms with Gasteiger partial charge >= 0.3 is 0 Å². The van der Waals surface area contributed by atoms with E-state index in [0.717, 1.165) is 18.7 Å². The van der Waals surface area contributed by atoms with Crippen LogP contribution in [0.5, 0.6) is 0 Å². The van der Waals surface area contributed by atoms with Crippen molar-refractivity contribution in [3.05, 3.63) is 82.2 Å². The first kappa shape index (κ1) is 18.4. The zero-order valence-corrected chi connectivity index (χ0v) is 15.5. The quantitative estimate of drug-likeness (QED) is 0.739. The SMILES string of the molecule is O=C(NC[C@H](c1ccccc1)N1CCOCC1)c1cc(=O)c2ccccc2o1. The first-order valence-electron chi connectivity index (χ1n) is 9.40. The zero-order valence-electron chi connectivity index (χ0n) is 15.5. The lowest BCUT2D eigenvalue weighted by Gasteiger charge is -2.34. The molecule has 1 fully saturated rings. The Balaban J connectivity index is 1.53. The van der Waals surface area contributed by atoms with Gasteiger partial charge < -0.3 is 14.5 Å². The molecule has 1 N–H and O–H groups in total. The predicted molar refractivity (Wildman–Crippen MR) is 106 cm³/mol. The summed E-state index contributed by atoms with van der Waals surface area (Å²) < 4.78 is 11.1. The number of benzene rings is 2. The molecule has 1 saturated heterocycles. The summed E-state index contributed by atoms with van der Waals surface area (Å²) in [5.74, 6) is -0.366. The van der Waals surface area contributed by atoms with Crippen molar-refractivity contribution in [1.29, 1.82) is 0 Å². The van der Waals surface area contributed by atoms with Crippen molar-refractivity contribution in [2.75, 3.05) is 32.8 Å².